The second-order valence-electron chi connectivity index (χ2n) is 5.37. The average molecular weight is 306 g/mol. The monoisotopic (exact) mass is 305 g/mol. The first-order chi connectivity index (χ1) is 10.1. The van der Waals surface area contributed by atoms with Crippen molar-refractivity contribution in [3.8, 4) is 11.4 Å². The van der Waals surface area contributed by atoms with Gasteiger partial charge in [-0.05, 0) is 30.9 Å². The molecule has 0 saturated heterocycles. The van der Waals surface area contributed by atoms with Crippen molar-refractivity contribution in [3.05, 3.63) is 35.2 Å². The Bertz CT molecular complexity index is 652. The van der Waals surface area contributed by atoms with Crippen molar-refractivity contribution in [1.82, 2.24) is 15.5 Å². The molecule has 0 spiro atoms. The Morgan fingerprint density at radius 3 is 3.05 bits per heavy atom. The van der Waals surface area contributed by atoms with E-state index in [0.717, 1.165) is 18.4 Å². The van der Waals surface area contributed by atoms with Crippen LogP contribution in [0.1, 0.15) is 25.7 Å². The van der Waals surface area contributed by atoms with Crippen LogP contribution in [0, 0.1) is 11.8 Å². The molecule has 1 aromatic carbocycles. The quantitative estimate of drug-likeness (QED) is 0.922. The van der Waals surface area contributed by atoms with Gasteiger partial charge in [0.05, 0.1) is 6.54 Å². The molecule has 1 unspecified atom stereocenters. The predicted molar refractivity (Wildman–Crippen MR) is 78.5 cm³/mol. The van der Waals surface area contributed by atoms with E-state index < -0.39 is 0 Å². The van der Waals surface area contributed by atoms with Crippen LogP contribution in [-0.2, 0) is 11.3 Å². The maximum Gasteiger partial charge on any atom is 0.246 e. The van der Waals surface area contributed by atoms with Gasteiger partial charge in [-0.25, -0.2) is 0 Å². The van der Waals surface area contributed by atoms with Gasteiger partial charge in [0.2, 0.25) is 17.6 Å². The van der Waals surface area contributed by atoms with Gasteiger partial charge in [-0.1, -0.05) is 35.8 Å². The molecule has 0 radical (unpaired) electrons. The average Bonchev–Trinajstić information content (AvgIpc) is 3.22. The van der Waals surface area contributed by atoms with E-state index in [4.69, 9.17) is 16.1 Å². The molecule has 6 heteroatoms. The number of carbonyl (C=O) groups is 1. The molecule has 21 heavy (non-hydrogen) atoms. The third kappa shape index (κ3) is 3.42. The fourth-order valence-corrected chi connectivity index (χ4v) is 2.40. The third-order valence-corrected chi connectivity index (χ3v) is 3.94. The SMILES string of the molecule is CC(C(=O)NCc1nc(-c2cccc(Cl)c2)no1)C1CC1. The third-order valence-electron chi connectivity index (χ3n) is 3.71. The summed E-state index contributed by atoms with van der Waals surface area (Å²) in [5, 5.41) is 7.35. The number of aromatic nitrogens is 2. The van der Waals surface area contributed by atoms with Crippen LogP contribution in [0.25, 0.3) is 11.4 Å². The van der Waals surface area contributed by atoms with Crippen LogP contribution in [-0.4, -0.2) is 16.0 Å². The van der Waals surface area contributed by atoms with Crippen LogP contribution in [0.2, 0.25) is 5.02 Å². The summed E-state index contributed by atoms with van der Waals surface area (Å²) >= 11 is 5.93. The summed E-state index contributed by atoms with van der Waals surface area (Å²) in [4.78, 5) is 16.2. The zero-order valence-corrected chi connectivity index (χ0v) is 12.4. The first-order valence-corrected chi connectivity index (χ1v) is 7.37. The summed E-state index contributed by atoms with van der Waals surface area (Å²) in [6.07, 6.45) is 2.29. The lowest BCUT2D eigenvalue weighted by Crippen LogP contribution is -2.29. The zero-order valence-electron chi connectivity index (χ0n) is 11.7. The molecule has 1 amide bonds. The molecule has 1 aromatic heterocycles. The van der Waals surface area contributed by atoms with E-state index in [-0.39, 0.29) is 18.4 Å². The Kier molecular flexibility index (Phi) is 3.92. The Labute approximate surface area is 127 Å². The summed E-state index contributed by atoms with van der Waals surface area (Å²) in [5.74, 6) is 1.49. The first-order valence-electron chi connectivity index (χ1n) is 6.99. The van der Waals surface area contributed by atoms with Gasteiger partial charge in [0, 0.05) is 16.5 Å². The molecule has 0 bridgehead atoms. The number of halogens is 1. The normalized spacial score (nSPS) is 15.7. The van der Waals surface area contributed by atoms with E-state index in [1.807, 2.05) is 19.1 Å². The van der Waals surface area contributed by atoms with Crippen molar-refractivity contribution in [2.24, 2.45) is 11.8 Å². The molecular weight excluding hydrogens is 290 g/mol. The number of nitrogens with one attached hydrogen (secondary N) is 1. The van der Waals surface area contributed by atoms with Gasteiger partial charge in [0.15, 0.2) is 0 Å². The highest BCUT2D eigenvalue weighted by molar-refractivity contribution is 6.30. The smallest absolute Gasteiger partial charge is 0.246 e. The van der Waals surface area contributed by atoms with E-state index in [0.29, 0.717) is 22.7 Å². The Morgan fingerprint density at radius 2 is 2.33 bits per heavy atom. The number of rotatable bonds is 5. The molecule has 1 aliphatic rings. The Morgan fingerprint density at radius 1 is 1.52 bits per heavy atom. The van der Waals surface area contributed by atoms with E-state index >= 15 is 0 Å². The van der Waals surface area contributed by atoms with Gasteiger partial charge in [-0.15, -0.1) is 0 Å². The largest absolute Gasteiger partial charge is 0.347 e. The van der Waals surface area contributed by atoms with Gasteiger partial charge in [-0.3, -0.25) is 4.79 Å². The highest BCUT2D eigenvalue weighted by Crippen LogP contribution is 2.36. The maximum atomic E-state index is 11.9. The van der Waals surface area contributed by atoms with Crippen molar-refractivity contribution in [1.29, 1.82) is 0 Å². The van der Waals surface area contributed by atoms with Crippen molar-refractivity contribution in [2.45, 2.75) is 26.3 Å². The minimum absolute atomic E-state index is 0.0417. The van der Waals surface area contributed by atoms with E-state index in [9.17, 15) is 4.79 Å². The fraction of sp³-hybridized carbons (Fsp3) is 0.400. The molecule has 1 saturated carbocycles. The van der Waals surface area contributed by atoms with Gasteiger partial charge in [0.25, 0.3) is 0 Å². The number of benzene rings is 1. The van der Waals surface area contributed by atoms with Crippen LogP contribution in [0.4, 0.5) is 0 Å². The number of hydrogen-bond acceptors (Lipinski definition) is 4. The molecule has 3 rings (SSSR count). The number of amides is 1. The second kappa shape index (κ2) is 5.85. The Hall–Kier alpha value is -1.88. The fourth-order valence-electron chi connectivity index (χ4n) is 2.21. The molecule has 1 aliphatic carbocycles. The van der Waals surface area contributed by atoms with Crippen LogP contribution in [0.3, 0.4) is 0 Å². The van der Waals surface area contributed by atoms with Gasteiger partial charge >= 0.3 is 0 Å². The van der Waals surface area contributed by atoms with Gasteiger partial charge in [-0.2, -0.15) is 4.98 Å². The summed E-state index contributed by atoms with van der Waals surface area (Å²) < 4.78 is 5.15. The highest BCUT2D eigenvalue weighted by atomic mass is 35.5. The Balaban J connectivity index is 1.61. The van der Waals surface area contributed by atoms with Crippen molar-refractivity contribution < 1.29 is 9.32 Å². The molecule has 1 heterocycles. The van der Waals surface area contributed by atoms with Gasteiger partial charge < -0.3 is 9.84 Å². The van der Waals surface area contributed by atoms with Gasteiger partial charge in [0.1, 0.15) is 0 Å². The number of carbonyl (C=O) groups excluding carboxylic acids is 1. The number of nitrogens with zero attached hydrogens (tertiary/aromatic N) is 2. The van der Waals surface area contributed by atoms with E-state index in [1.165, 1.54) is 0 Å². The molecular formula is C15H16ClN3O2. The molecule has 1 atom stereocenters. The molecule has 1 N–H and O–H groups in total. The molecule has 5 nitrogen and oxygen atoms in total. The van der Waals surface area contributed by atoms with Crippen molar-refractivity contribution in [3.63, 3.8) is 0 Å². The van der Waals surface area contributed by atoms with Crippen LogP contribution >= 0.6 is 11.6 Å². The lowest BCUT2D eigenvalue weighted by atomic mass is 10.1. The van der Waals surface area contributed by atoms with Crippen LogP contribution in [0.5, 0.6) is 0 Å². The minimum Gasteiger partial charge on any atom is -0.347 e. The number of hydrogen-bond donors (Lipinski definition) is 1. The van der Waals surface area contributed by atoms with Crippen molar-refractivity contribution >= 4 is 17.5 Å². The molecule has 1 fully saturated rings. The molecule has 0 aliphatic heterocycles. The highest BCUT2D eigenvalue weighted by Gasteiger charge is 2.32. The summed E-state index contributed by atoms with van der Waals surface area (Å²) in [6, 6.07) is 7.23. The second-order valence-corrected chi connectivity index (χ2v) is 5.80. The predicted octanol–water partition coefficient (Wildman–Crippen LogP) is 3.05. The van der Waals surface area contributed by atoms with Crippen LogP contribution < -0.4 is 5.32 Å². The van der Waals surface area contributed by atoms with E-state index in [1.54, 1.807) is 12.1 Å². The van der Waals surface area contributed by atoms with E-state index in [2.05, 4.69) is 15.5 Å². The lowest BCUT2D eigenvalue weighted by Gasteiger charge is -2.08. The maximum absolute atomic E-state index is 11.9. The zero-order chi connectivity index (χ0) is 14.8. The molecule has 110 valence electrons. The molecule has 2 aromatic rings. The van der Waals surface area contributed by atoms with Crippen molar-refractivity contribution in [2.75, 3.05) is 0 Å². The summed E-state index contributed by atoms with van der Waals surface area (Å²) in [7, 11) is 0. The summed E-state index contributed by atoms with van der Waals surface area (Å²) in [5.41, 5.74) is 0.787. The van der Waals surface area contributed by atoms with Crippen LogP contribution in [0.15, 0.2) is 28.8 Å². The standard InChI is InChI=1S/C15H16ClN3O2/c1-9(10-5-6-10)15(20)17-8-13-18-14(19-21-13)11-3-2-4-12(16)7-11/h2-4,7,9-10H,5-6,8H2,1H3,(H,17,20). The topological polar surface area (TPSA) is 68.0 Å². The minimum atomic E-state index is 0.0417. The summed E-state index contributed by atoms with van der Waals surface area (Å²) in [6.45, 7) is 2.21. The first kappa shape index (κ1) is 14.1. The lowest BCUT2D eigenvalue weighted by molar-refractivity contribution is -0.125.